The van der Waals surface area contributed by atoms with Gasteiger partial charge >= 0.3 is 0 Å². The highest BCUT2D eigenvalue weighted by molar-refractivity contribution is 6.76. The number of ketones is 1. The molecule has 0 bridgehead atoms. The highest BCUT2D eigenvalue weighted by Gasteiger charge is 2.18. The van der Waals surface area contributed by atoms with Gasteiger partial charge in [0.1, 0.15) is 6.73 Å². The fourth-order valence-corrected chi connectivity index (χ4v) is 4.63. The van der Waals surface area contributed by atoms with Gasteiger partial charge in [-0.05, 0) is 29.8 Å². The topological polar surface area (TPSA) is 88.0 Å². The number of hydrogen-bond donors (Lipinski definition) is 1. The molecule has 0 saturated heterocycles. The van der Waals surface area contributed by atoms with Gasteiger partial charge in [0.15, 0.2) is 17.3 Å². The summed E-state index contributed by atoms with van der Waals surface area (Å²) in [5.41, 5.74) is 2.17. The van der Waals surface area contributed by atoms with Gasteiger partial charge in [-0.2, -0.15) is 0 Å². The Bertz CT molecular complexity index is 1190. The van der Waals surface area contributed by atoms with Gasteiger partial charge in [-0.3, -0.25) is 9.59 Å². The lowest BCUT2D eigenvalue weighted by Gasteiger charge is -2.15. The van der Waals surface area contributed by atoms with Gasteiger partial charge in [0.05, 0.1) is 39.8 Å². The molecule has 3 aromatic rings. The van der Waals surface area contributed by atoms with Gasteiger partial charge in [0.25, 0.3) is 0 Å². The number of hydrogen-bond acceptors (Lipinski definition) is 6. The van der Waals surface area contributed by atoms with Gasteiger partial charge in [-0.15, -0.1) is 0 Å². The van der Waals surface area contributed by atoms with Crippen LogP contribution in [0.2, 0.25) is 25.7 Å². The van der Waals surface area contributed by atoms with Gasteiger partial charge in [0.2, 0.25) is 11.7 Å². The molecule has 9 heteroatoms. The highest BCUT2D eigenvalue weighted by atomic mass is 28.3. The van der Waals surface area contributed by atoms with Crippen molar-refractivity contribution in [3.8, 4) is 17.2 Å². The summed E-state index contributed by atoms with van der Waals surface area (Å²) in [5.74, 6) is 0.952. The zero-order valence-corrected chi connectivity index (χ0v) is 23.0. The van der Waals surface area contributed by atoms with Crippen LogP contribution < -0.4 is 19.5 Å². The zero-order chi connectivity index (χ0) is 26.3. The minimum Gasteiger partial charge on any atom is -0.493 e. The largest absolute Gasteiger partial charge is 0.493 e. The molecule has 0 aliphatic carbocycles. The molecule has 0 aliphatic heterocycles. The van der Waals surface area contributed by atoms with Gasteiger partial charge in [-0.25, -0.2) is 0 Å². The second-order valence-electron chi connectivity index (χ2n) is 9.79. The number of rotatable bonds is 13. The molecule has 8 nitrogen and oxygen atoms in total. The summed E-state index contributed by atoms with van der Waals surface area (Å²) in [5, 5.41) is 3.58. The molecule has 1 aromatic heterocycles. The summed E-state index contributed by atoms with van der Waals surface area (Å²) in [7, 11) is 3.39. The van der Waals surface area contributed by atoms with Crippen molar-refractivity contribution in [2.75, 3.05) is 34.5 Å². The number of nitrogens with one attached hydrogen (secondary N) is 1. The number of para-hydroxylation sites is 1. The highest BCUT2D eigenvalue weighted by Crippen LogP contribution is 2.38. The second-order valence-corrected chi connectivity index (χ2v) is 15.4. The molecule has 2 aromatic carbocycles. The van der Waals surface area contributed by atoms with Gasteiger partial charge in [-0.1, -0.05) is 37.8 Å². The Hall–Kier alpha value is -3.30. The first kappa shape index (κ1) is 27.3. The summed E-state index contributed by atoms with van der Waals surface area (Å²) < 4.78 is 23.9. The van der Waals surface area contributed by atoms with Crippen LogP contribution in [0, 0.1) is 0 Å². The molecule has 0 unspecified atom stereocenters. The number of Topliss-reactive ketones (excluding diaryl/α,β-unsaturated/α-hetero) is 1. The van der Waals surface area contributed by atoms with E-state index < -0.39 is 8.07 Å². The number of carbonyl (C=O) groups is 2. The van der Waals surface area contributed by atoms with Gasteiger partial charge < -0.3 is 28.8 Å². The molecule has 0 saturated carbocycles. The molecule has 36 heavy (non-hydrogen) atoms. The van der Waals surface area contributed by atoms with Crippen molar-refractivity contribution in [2.24, 2.45) is 0 Å². The molecule has 0 fully saturated rings. The monoisotopic (exact) mass is 512 g/mol. The Morgan fingerprint density at radius 2 is 1.64 bits per heavy atom. The molecule has 0 atom stereocenters. The minimum absolute atomic E-state index is 0.0662. The van der Waals surface area contributed by atoms with E-state index in [0.29, 0.717) is 41.7 Å². The van der Waals surface area contributed by atoms with Crippen LogP contribution in [0.3, 0.4) is 0 Å². The number of methoxy groups -OCH3 is 3. The number of carbonyl (C=O) groups excluding carboxylic acids is 2. The Balaban J connectivity index is 1.66. The molecule has 0 radical (unpaired) electrons. The maximum Gasteiger partial charge on any atom is 0.224 e. The van der Waals surface area contributed by atoms with E-state index in [1.165, 1.54) is 21.3 Å². The third-order valence-corrected chi connectivity index (χ3v) is 7.56. The van der Waals surface area contributed by atoms with Crippen LogP contribution in [-0.2, 0) is 22.7 Å². The van der Waals surface area contributed by atoms with Crippen molar-refractivity contribution in [1.82, 2.24) is 9.88 Å². The number of amides is 1. The molecule has 1 amide bonds. The third kappa shape index (κ3) is 6.89. The van der Waals surface area contributed by atoms with E-state index in [4.69, 9.17) is 18.9 Å². The smallest absolute Gasteiger partial charge is 0.224 e. The van der Waals surface area contributed by atoms with Crippen LogP contribution in [0.5, 0.6) is 17.2 Å². The molecule has 1 heterocycles. The zero-order valence-electron chi connectivity index (χ0n) is 22.0. The van der Waals surface area contributed by atoms with Crippen LogP contribution >= 0.6 is 0 Å². The minimum atomic E-state index is -1.18. The average Bonchev–Trinajstić information content (AvgIpc) is 3.22. The van der Waals surface area contributed by atoms with E-state index in [0.717, 1.165) is 16.9 Å². The summed E-state index contributed by atoms with van der Waals surface area (Å²) in [6.07, 6.45) is 1.88. The Morgan fingerprint density at radius 3 is 2.25 bits per heavy atom. The van der Waals surface area contributed by atoms with Crippen molar-refractivity contribution in [3.63, 3.8) is 0 Å². The van der Waals surface area contributed by atoms with Crippen molar-refractivity contribution in [3.05, 3.63) is 53.7 Å². The number of benzene rings is 2. The van der Waals surface area contributed by atoms with E-state index in [2.05, 4.69) is 25.0 Å². The van der Waals surface area contributed by atoms with Crippen molar-refractivity contribution >= 4 is 30.7 Å². The van der Waals surface area contributed by atoms with E-state index in [9.17, 15) is 9.59 Å². The summed E-state index contributed by atoms with van der Waals surface area (Å²) in [6.45, 7) is 7.92. The van der Waals surface area contributed by atoms with E-state index >= 15 is 0 Å². The van der Waals surface area contributed by atoms with E-state index in [-0.39, 0.29) is 24.7 Å². The molecular formula is C27H36N2O6Si. The lowest BCUT2D eigenvalue weighted by Crippen LogP contribution is -2.30. The van der Waals surface area contributed by atoms with Crippen LogP contribution in [0.4, 0.5) is 0 Å². The number of ether oxygens (including phenoxy) is 4. The second kappa shape index (κ2) is 12.1. The van der Waals surface area contributed by atoms with E-state index in [1.807, 2.05) is 35.0 Å². The van der Waals surface area contributed by atoms with Crippen LogP contribution in [-0.4, -0.2) is 58.8 Å². The van der Waals surface area contributed by atoms with Crippen LogP contribution in [0.15, 0.2) is 42.6 Å². The molecule has 194 valence electrons. The summed E-state index contributed by atoms with van der Waals surface area (Å²) in [4.78, 5) is 25.7. The lowest BCUT2D eigenvalue weighted by molar-refractivity contribution is -0.120. The number of fused-ring (bicyclic) bond motifs is 1. The fraction of sp³-hybridized carbons (Fsp3) is 0.407. The quantitative estimate of drug-likeness (QED) is 0.206. The van der Waals surface area contributed by atoms with Crippen molar-refractivity contribution in [1.29, 1.82) is 0 Å². The third-order valence-electron chi connectivity index (χ3n) is 5.85. The van der Waals surface area contributed by atoms with Crippen LogP contribution in [0.1, 0.15) is 15.9 Å². The number of nitrogens with zero attached hydrogens (tertiary/aromatic N) is 1. The molecule has 0 spiro atoms. The SMILES string of the molecule is COc1cc(CC(=O)NCC(=O)c2cn(COCC[Si](C)(C)C)c3ccccc23)cc(OC)c1OC. The van der Waals surface area contributed by atoms with Crippen LogP contribution in [0.25, 0.3) is 10.9 Å². The molecule has 3 rings (SSSR count). The summed E-state index contributed by atoms with van der Waals surface area (Å²) >= 11 is 0. The van der Waals surface area contributed by atoms with Gasteiger partial charge in [0, 0.05) is 31.8 Å². The fourth-order valence-electron chi connectivity index (χ4n) is 3.88. The first-order chi connectivity index (χ1) is 17.2. The molecular weight excluding hydrogens is 476 g/mol. The maximum atomic E-state index is 13.1. The standard InChI is InChI=1S/C27H36N2O6Si/c1-32-24-13-19(14-25(33-2)27(24)34-3)15-26(31)28-16-23(30)21-17-29(18-35-11-12-36(4,5)6)22-10-8-7-9-20(21)22/h7-10,13-14,17H,11-12,15-16,18H2,1-6H3,(H,28,31). The average molecular weight is 513 g/mol. The molecule has 1 N–H and O–H groups in total. The molecule has 0 aliphatic rings. The van der Waals surface area contributed by atoms with Crippen molar-refractivity contribution < 1.29 is 28.5 Å². The number of aromatic nitrogens is 1. The lowest BCUT2D eigenvalue weighted by atomic mass is 10.1. The normalized spacial score (nSPS) is 11.4. The first-order valence-electron chi connectivity index (χ1n) is 11.9. The van der Waals surface area contributed by atoms with E-state index in [1.54, 1.807) is 12.1 Å². The first-order valence-corrected chi connectivity index (χ1v) is 15.6. The predicted molar refractivity (Wildman–Crippen MR) is 143 cm³/mol. The van der Waals surface area contributed by atoms with Crippen molar-refractivity contribution in [2.45, 2.75) is 38.8 Å². The predicted octanol–water partition coefficient (Wildman–Crippen LogP) is 4.52. The summed E-state index contributed by atoms with van der Waals surface area (Å²) in [6, 6.07) is 12.2. The Kier molecular flexibility index (Phi) is 9.17. The maximum absolute atomic E-state index is 13.1. The Morgan fingerprint density at radius 1 is 0.972 bits per heavy atom. The Labute approximate surface area is 213 Å².